The van der Waals surface area contributed by atoms with Crippen LogP contribution >= 0.6 is 0 Å². The second kappa shape index (κ2) is 6.75. The third kappa shape index (κ3) is 3.36. The summed E-state index contributed by atoms with van der Waals surface area (Å²) < 4.78 is 16.0. The summed E-state index contributed by atoms with van der Waals surface area (Å²) in [6.07, 6.45) is 3.44. The molecule has 116 valence electrons. The minimum atomic E-state index is -0.379. The lowest BCUT2D eigenvalue weighted by molar-refractivity contribution is -0.130. The van der Waals surface area contributed by atoms with Gasteiger partial charge in [0.05, 0.1) is 6.61 Å². The summed E-state index contributed by atoms with van der Waals surface area (Å²) in [4.78, 5) is 16.3. The van der Waals surface area contributed by atoms with Crippen LogP contribution in [0.2, 0.25) is 0 Å². The van der Waals surface area contributed by atoms with E-state index in [9.17, 15) is 4.79 Å². The highest BCUT2D eigenvalue weighted by Gasteiger charge is 2.30. The molecule has 3 rings (SSSR count). The molecule has 5 heteroatoms. The number of nitrogens with zero attached hydrogens (tertiary/aromatic N) is 1. The Labute approximate surface area is 129 Å². The fourth-order valence-electron chi connectivity index (χ4n) is 2.53. The third-order valence-corrected chi connectivity index (χ3v) is 3.70. The van der Waals surface area contributed by atoms with E-state index >= 15 is 0 Å². The molecule has 5 nitrogen and oxygen atoms in total. The van der Waals surface area contributed by atoms with Crippen molar-refractivity contribution in [1.82, 2.24) is 0 Å². The number of rotatable bonds is 4. The Hall–Kier alpha value is -2.14. The highest BCUT2D eigenvalue weighted by atomic mass is 16.6. The minimum absolute atomic E-state index is 0.184. The molecule has 1 aromatic carbocycles. The van der Waals surface area contributed by atoms with Gasteiger partial charge in [0.1, 0.15) is 5.75 Å². The summed E-state index contributed by atoms with van der Waals surface area (Å²) in [5, 5.41) is 0. The van der Waals surface area contributed by atoms with E-state index in [1.807, 2.05) is 31.2 Å². The quantitative estimate of drug-likeness (QED) is 0.634. The van der Waals surface area contributed by atoms with Crippen molar-refractivity contribution in [2.45, 2.75) is 19.8 Å². The van der Waals surface area contributed by atoms with E-state index < -0.39 is 0 Å². The molecule has 0 saturated carbocycles. The molecule has 0 bridgehead atoms. The van der Waals surface area contributed by atoms with E-state index in [0.29, 0.717) is 31.4 Å². The molecule has 1 saturated heterocycles. The number of hydrogen-bond acceptors (Lipinski definition) is 5. The summed E-state index contributed by atoms with van der Waals surface area (Å²) in [6, 6.07) is 7.54. The Morgan fingerprint density at radius 3 is 2.68 bits per heavy atom. The lowest BCUT2D eigenvalue weighted by Crippen LogP contribution is -2.24. The minimum Gasteiger partial charge on any atom is -0.494 e. The van der Waals surface area contributed by atoms with Crippen molar-refractivity contribution >= 4 is 17.9 Å². The summed E-state index contributed by atoms with van der Waals surface area (Å²) in [6.45, 7) is 3.96. The third-order valence-electron chi connectivity index (χ3n) is 3.70. The average molecular weight is 301 g/mol. The second-order valence-corrected chi connectivity index (χ2v) is 5.26. The summed E-state index contributed by atoms with van der Waals surface area (Å²) in [5.74, 6) is 1.15. The predicted molar refractivity (Wildman–Crippen MR) is 82.7 cm³/mol. The maximum atomic E-state index is 11.9. The van der Waals surface area contributed by atoms with Crippen molar-refractivity contribution in [2.24, 2.45) is 10.9 Å². The number of cyclic esters (lactones) is 1. The maximum absolute atomic E-state index is 11.9. The lowest BCUT2D eigenvalue weighted by Gasteiger charge is -2.20. The molecule has 1 fully saturated rings. The van der Waals surface area contributed by atoms with Crippen molar-refractivity contribution in [3.63, 3.8) is 0 Å². The van der Waals surface area contributed by atoms with Crippen LogP contribution in [0.4, 0.5) is 0 Å². The molecule has 0 aliphatic carbocycles. The lowest BCUT2D eigenvalue weighted by atomic mass is 10.0. The Balaban J connectivity index is 1.75. The van der Waals surface area contributed by atoms with Gasteiger partial charge in [-0.25, -0.2) is 9.79 Å². The Bertz CT molecular complexity index is 598. The molecule has 0 aromatic heterocycles. The topological polar surface area (TPSA) is 57.1 Å². The van der Waals surface area contributed by atoms with E-state index in [0.717, 1.165) is 24.2 Å². The van der Waals surface area contributed by atoms with E-state index in [4.69, 9.17) is 14.2 Å². The smallest absolute Gasteiger partial charge is 0.363 e. The molecule has 0 unspecified atom stereocenters. The van der Waals surface area contributed by atoms with Gasteiger partial charge in [-0.2, -0.15) is 0 Å². The first kappa shape index (κ1) is 14.8. The molecule has 0 radical (unpaired) electrons. The molecular formula is C17H19NO4. The number of carbonyl (C=O) groups excluding carboxylic acids is 1. The first-order chi connectivity index (χ1) is 10.8. The number of aliphatic imine (C=N–C) groups is 1. The molecule has 0 amide bonds. The van der Waals surface area contributed by atoms with Gasteiger partial charge in [0.2, 0.25) is 5.90 Å². The van der Waals surface area contributed by atoms with E-state index in [2.05, 4.69) is 4.99 Å². The normalized spacial score (nSPS) is 20.9. The van der Waals surface area contributed by atoms with Gasteiger partial charge in [0, 0.05) is 19.1 Å². The summed E-state index contributed by atoms with van der Waals surface area (Å²) in [5.41, 5.74) is 1.25. The van der Waals surface area contributed by atoms with Crippen molar-refractivity contribution in [3.8, 4) is 5.75 Å². The molecule has 2 heterocycles. The van der Waals surface area contributed by atoms with Gasteiger partial charge in [-0.15, -0.1) is 0 Å². The standard InChI is InChI=1S/C17H19NO4/c1-2-21-14-5-3-12(4-6-14)11-15-17(19)22-16(18-15)13-7-9-20-10-8-13/h3-6,11,13H,2,7-10H2,1H3/b15-11+. The maximum Gasteiger partial charge on any atom is 0.363 e. The fourth-order valence-corrected chi connectivity index (χ4v) is 2.53. The van der Waals surface area contributed by atoms with Gasteiger partial charge >= 0.3 is 5.97 Å². The van der Waals surface area contributed by atoms with Crippen molar-refractivity contribution in [1.29, 1.82) is 0 Å². The number of hydrogen-bond donors (Lipinski definition) is 0. The van der Waals surface area contributed by atoms with E-state index in [1.54, 1.807) is 6.08 Å². The highest BCUT2D eigenvalue weighted by molar-refractivity contribution is 6.07. The molecular weight excluding hydrogens is 282 g/mol. The van der Waals surface area contributed by atoms with Crippen molar-refractivity contribution in [2.75, 3.05) is 19.8 Å². The summed E-state index contributed by atoms with van der Waals surface area (Å²) >= 11 is 0. The van der Waals surface area contributed by atoms with Crippen LogP contribution in [0.5, 0.6) is 5.75 Å². The molecule has 2 aliphatic rings. The number of ether oxygens (including phenoxy) is 3. The molecule has 2 aliphatic heterocycles. The Morgan fingerprint density at radius 1 is 1.27 bits per heavy atom. The van der Waals surface area contributed by atoms with Gasteiger partial charge in [0.15, 0.2) is 5.70 Å². The predicted octanol–water partition coefficient (Wildman–Crippen LogP) is 2.81. The monoisotopic (exact) mass is 301 g/mol. The van der Waals surface area contributed by atoms with Crippen LogP contribution < -0.4 is 4.74 Å². The van der Waals surface area contributed by atoms with Crippen LogP contribution in [-0.2, 0) is 14.3 Å². The van der Waals surface area contributed by atoms with Crippen LogP contribution in [0.1, 0.15) is 25.3 Å². The number of esters is 1. The molecule has 1 aromatic rings. The zero-order chi connectivity index (χ0) is 15.4. The molecule has 22 heavy (non-hydrogen) atoms. The largest absolute Gasteiger partial charge is 0.494 e. The van der Waals surface area contributed by atoms with Crippen molar-refractivity contribution < 1.29 is 19.0 Å². The van der Waals surface area contributed by atoms with Crippen molar-refractivity contribution in [3.05, 3.63) is 35.5 Å². The van der Waals surface area contributed by atoms with Gasteiger partial charge in [-0.1, -0.05) is 12.1 Å². The van der Waals surface area contributed by atoms with E-state index in [-0.39, 0.29) is 11.9 Å². The average Bonchev–Trinajstić information content (AvgIpc) is 2.91. The van der Waals surface area contributed by atoms with Gasteiger partial charge in [-0.05, 0) is 43.5 Å². The summed E-state index contributed by atoms with van der Waals surface area (Å²) in [7, 11) is 0. The van der Waals surface area contributed by atoms with Crippen LogP contribution in [-0.4, -0.2) is 31.7 Å². The number of benzene rings is 1. The van der Waals surface area contributed by atoms with Crippen LogP contribution in [0.25, 0.3) is 6.08 Å². The second-order valence-electron chi connectivity index (χ2n) is 5.26. The first-order valence-electron chi connectivity index (χ1n) is 7.59. The zero-order valence-electron chi connectivity index (χ0n) is 12.6. The fraction of sp³-hybridized carbons (Fsp3) is 0.412. The van der Waals surface area contributed by atoms with Crippen LogP contribution in [0.15, 0.2) is 35.0 Å². The zero-order valence-corrected chi connectivity index (χ0v) is 12.6. The van der Waals surface area contributed by atoms with Crippen LogP contribution in [0.3, 0.4) is 0 Å². The van der Waals surface area contributed by atoms with Gasteiger partial charge < -0.3 is 14.2 Å². The van der Waals surface area contributed by atoms with Gasteiger partial charge in [-0.3, -0.25) is 0 Å². The first-order valence-corrected chi connectivity index (χ1v) is 7.59. The number of carbonyl (C=O) groups is 1. The molecule has 0 N–H and O–H groups in total. The molecule has 0 spiro atoms. The van der Waals surface area contributed by atoms with Gasteiger partial charge in [0.25, 0.3) is 0 Å². The Kier molecular flexibility index (Phi) is 4.53. The SMILES string of the molecule is CCOc1ccc(/C=C2/N=C(C3CCOCC3)OC2=O)cc1. The van der Waals surface area contributed by atoms with Crippen LogP contribution in [0, 0.1) is 5.92 Å². The molecule has 0 atom stereocenters. The highest BCUT2D eigenvalue weighted by Crippen LogP contribution is 2.25. The Morgan fingerprint density at radius 2 is 2.00 bits per heavy atom. The van der Waals surface area contributed by atoms with E-state index in [1.165, 1.54) is 0 Å².